The van der Waals surface area contributed by atoms with E-state index in [2.05, 4.69) is 26.8 Å². The zero-order valence-electron chi connectivity index (χ0n) is 17.8. The van der Waals surface area contributed by atoms with E-state index in [4.69, 9.17) is 11.1 Å². The second-order valence-electron chi connectivity index (χ2n) is 7.68. The van der Waals surface area contributed by atoms with E-state index < -0.39 is 0 Å². The van der Waals surface area contributed by atoms with Crippen molar-refractivity contribution < 1.29 is 4.39 Å². The van der Waals surface area contributed by atoms with Crippen LogP contribution in [-0.2, 0) is 19.5 Å². The zero-order chi connectivity index (χ0) is 22.1. The first-order valence-electron chi connectivity index (χ1n) is 10.4. The predicted octanol–water partition coefficient (Wildman–Crippen LogP) is 4.17. The molecule has 1 aromatic heterocycles. The van der Waals surface area contributed by atoms with Crippen molar-refractivity contribution in [3.8, 4) is 11.1 Å². The number of aryl methyl sites for hydroxylation is 1. The Labute approximate surface area is 181 Å². The van der Waals surface area contributed by atoms with Gasteiger partial charge in [0.25, 0.3) is 0 Å². The number of H-pyrrole nitrogens is 1. The van der Waals surface area contributed by atoms with Gasteiger partial charge in [-0.1, -0.05) is 31.7 Å². The van der Waals surface area contributed by atoms with Crippen LogP contribution in [0.2, 0.25) is 0 Å². The van der Waals surface area contributed by atoms with Crippen molar-refractivity contribution in [2.45, 2.75) is 33.4 Å². The Bertz CT molecular complexity index is 1140. The van der Waals surface area contributed by atoms with Crippen molar-refractivity contribution in [1.82, 2.24) is 20.2 Å². The van der Waals surface area contributed by atoms with Gasteiger partial charge >= 0.3 is 0 Å². The molecule has 0 aliphatic carbocycles. The molecule has 1 aliphatic rings. The van der Waals surface area contributed by atoms with Crippen LogP contribution in [0.3, 0.4) is 0 Å². The molecule has 2 aromatic carbocycles. The van der Waals surface area contributed by atoms with Crippen LogP contribution in [0.15, 0.2) is 48.8 Å². The first-order chi connectivity index (χ1) is 14.9. The van der Waals surface area contributed by atoms with Gasteiger partial charge in [-0.2, -0.15) is 0 Å². The zero-order valence-corrected chi connectivity index (χ0v) is 17.8. The van der Waals surface area contributed by atoms with Gasteiger partial charge in [-0.05, 0) is 48.2 Å². The minimum absolute atomic E-state index is 0.241. The summed E-state index contributed by atoms with van der Waals surface area (Å²) < 4.78 is 13.8. The highest BCUT2D eigenvalue weighted by molar-refractivity contribution is 6.12. The van der Waals surface area contributed by atoms with Gasteiger partial charge in [0, 0.05) is 17.8 Å². The summed E-state index contributed by atoms with van der Waals surface area (Å²) >= 11 is 0. The number of anilines is 1. The van der Waals surface area contributed by atoms with Crippen LogP contribution >= 0.6 is 0 Å². The lowest BCUT2D eigenvalue weighted by molar-refractivity contribution is 0.332. The van der Waals surface area contributed by atoms with Crippen molar-refractivity contribution in [1.29, 1.82) is 5.41 Å². The molecule has 4 rings (SSSR count). The monoisotopic (exact) mass is 418 g/mol. The van der Waals surface area contributed by atoms with E-state index in [9.17, 15) is 4.39 Å². The van der Waals surface area contributed by atoms with Crippen molar-refractivity contribution in [2.24, 2.45) is 0 Å². The summed E-state index contributed by atoms with van der Waals surface area (Å²) in [6, 6.07) is 10.3. The molecule has 0 saturated carbocycles. The molecule has 31 heavy (non-hydrogen) atoms. The molecule has 0 spiro atoms. The van der Waals surface area contributed by atoms with E-state index in [0.29, 0.717) is 30.2 Å². The molecular formula is C24H27FN6. The lowest BCUT2D eigenvalue weighted by Crippen LogP contribution is -2.27. The number of fused-ring (bicyclic) bond motifs is 1. The number of rotatable bonds is 7. The average Bonchev–Trinajstić information content (AvgIpc) is 3.33. The molecule has 0 atom stereocenters. The maximum absolute atomic E-state index is 13.8. The Morgan fingerprint density at radius 1 is 1.26 bits per heavy atom. The van der Waals surface area contributed by atoms with E-state index in [1.54, 1.807) is 12.1 Å². The van der Waals surface area contributed by atoms with Gasteiger partial charge in [0.05, 0.1) is 30.3 Å². The van der Waals surface area contributed by atoms with Gasteiger partial charge in [-0.15, -0.1) is 0 Å². The van der Waals surface area contributed by atoms with Crippen molar-refractivity contribution in [3.05, 3.63) is 83.0 Å². The number of nitrogens with zero attached hydrogens (tertiary/aromatic N) is 2. The van der Waals surface area contributed by atoms with Gasteiger partial charge in [0.15, 0.2) is 5.82 Å². The summed E-state index contributed by atoms with van der Waals surface area (Å²) in [5.74, 6) is 1.09. The third-order valence-corrected chi connectivity index (χ3v) is 5.64. The van der Waals surface area contributed by atoms with E-state index in [1.165, 1.54) is 12.1 Å². The highest BCUT2D eigenvalue weighted by Crippen LogP contribution is 2.30. The molecule has 0 unspecified atom stereocenters. The molecule has 160 valence electrons. The normalized spacial score (nSPS) is 12.7. The minimum atomic E-state index is -0.279. The smallest absolute Gasteiger partial charge is 0.156 e. The van der Waals surface area contributed by atoms with E-state index in [-0.39, 0.29) is 11.5 Å². The standard InChI is InChI=1S/C24H27FN6/c1-4-15-6-8-17(25)11-19(15)16-7-9-18(20(26)10-16)23(27)24-29-21-12-31(13-22(21)30-24)14(3)28-5-2/h6-11,27-28H,3-5,12-13,26H2,1-2H3,(H,29,30). The molecule has 0 saturated heterocycles. The molecule has 0 bridgehead atoms. The summed E-state index contributed by atoms with van der Waals surface area (Å²) in [5, 5.41) is 11.9. The lowest BCUT2D eigenvalue weighted by atomic mass is 9.95. The largest absolute Gasteiger partial charge is 0.398 e. The van der Waals surface area contributed by atoms with Crippen molar-refractivity contribution in [3.63, 3.8) is 0 Å². The number of imidazole rings is 1. The molecule has 0 amide bonds. The number of nitrogens with one attached hydrogen (secondary N) is 3. The maximum Gasteiger partial charge on any atom is 0.156 e. The minimum Gasteiger partial charge on any atom is -0.398 e. The van der Waals surface area contributed by atoms with Crippen molar-refractivity contribution >= 4 is 11.4 Å². The summed E-state index contributed by atoms with van der Waals surface area (Å²) in [4.78, 5) is 10.0. The molecule has 1 aliphatic heterocycles. The molecule has 6 nitrogen and oxygen atoms in total. The fourth-order valence-electron chi connectivity index (χ4n) is 3.97. The van der Waals surface area contributed by atoms with Crippen LogP contribution in [0, 0.1) is 11.2 Å². The predicted molar refractivity (Wildman–Crippen MR) is 122 cm³/mol. The van der Waals surface area contributed by atoms with Gasteiger partial charge in [0.1, 0.15) is 11.5 Å². The number of nitrogen functional groups attached to an aromatic ring is 1. The summed E-state index contributed by atoms with van der Waals surface area (Å²) in [6.45, 7) is 10.3. The van der Waals surface area contributed by atoms with Crippen LogP contribution in [-0.4, -0.2) is 27.1 Å². The number of aromatic nitrogens is 2. The Hall–Kier alpha value is -3.61. The second kappa shape index (κ2) is 8.26. The van der Waals surface area contributed by atoms with Crippen LogP contribution in [0.1, 0.15) is 42.2 Å². The molecule has 3 aromatic rings. The summed E-state index contributed by atoms with van der Waals surface area (Å²) in [6.07, 6.45) is 0.794. The number of aromatic amines is 1. The Balaban J connectivity index is 1.57. The first kappa shape index (κ1) is 20.7. The molecule has 0 fully saturated rings. The lowest BCUT2D eigenvalue weighted by Gasteiger charge is -2.20. The van der Waals surface area contributed by atoms with E-state index in [1.807, 2.05) is 26.0 Å². The maximum atomic E-state index is 13.8. The van der Waals surface area contributed by atoms with Crippen LogP contribution < -0.4 is 11.1 Å². The van der Waals surface area contributed by atoms with Crippen LogP contribution in [0.5, 0.6) is 0 Å². The van der Waals surface area contributed by atoms with Crippen LogP contribution in [0.25, 0.3) is 11.1 Å². The average molecular weight is 419 g/mol. The topological polar surface area (TPSA) is 93.8 Å². The molecule has 2 heterocycles. The van der Waals surface area contributed by atoms with Gasteiger partial charge in [0.2, 0.25) is 0 Å². The van der Waals surface area contributed by atoms with Gasteiger partial charge < -0.3 is 20.9 Å². The highest BCUT2D eigenvalue weighted by Gasteiger charge is 2.25. The summed E-state index contributed by atoms with van der Waals surface area (Å²) in [5.41, 5.74) is 12.2. The Morgan fingerprint density at radius 2 is 2.06 bits per heavy atom. The first-order valence-corrected chi connectivity index (χ1v) is 10.4. The van der Waals surface area contributed by atoms with Crippen LogP contribution in [0.4, 0.5) is 10.1 Å². The Kier molecular flexibility index (Phi) is 5.50. The number of hydrogen-bond acceptors (Lipinski definition) is 5. The SMILES string of the molecule is C=C(NCC)N1Cc2nc(C(=N)c3ccc(-c4cc(F)ccc4CC)cc3N)[nH]c2C1. The number of hydrogen-bond donors (Lipinski definition) is 4. The summed E-state index contributed by atoms with van der Waals surface area (Å²) in [7, 11) is 0. The van der Waals surface area contributed by atoms with Gasteiger partial charge in [-0.25, -0.2) is 9.37 Å². The second-order valence-corrected chi connectivity index (χ2v) is 7.68. The van der Waals surface area contributed by atoms with E-state index in [0.717, 1.165) is 46.9 Å². The highest BCUT2D eigenvalue weighted by atomic mass is 19.1. The fraction of sp³-hybridized carbons (Fsp3) is 0.250. The van der Waals surface area contributed by atoms with Gasteiger partial charge in [-0.3, -0.25) is 5.41 Å². The number of halogens is 1. The molecular weight excluding hydrogens is 391 g/mol. The number of nitrogens with two attached hydrogens (primary N) is 1. The van der Waals surface area contributed by atoms with E-state index >= 15 is 0 Å². The molecule has 0 radical (unpaired) electrons. The Morgan fingerprint density at radius 3 is 2.74 bits per heavy atom. The molecule has 5 N–H and O–H groups in total. The third-order valence-electron chi connectivity index (χ3n) is 5.64. The quantitative estimate of drug-likeness (QED) is 0.342. The van der Waals surface area contributed by atoms with Crippen molar-refractivity contribution in [2.75, 3.05) is 12.3 Å². The number of benzene rings is 2. The third kappa shape index (κ3) is 3.91. The molecule has 7 heteroatoms. The fourth-order valence-corrected chi connectivity index (χ4v) is 3.97.